The van der Waals surface area contributed by atoms with E-state index in [1.54, 1.807) is 0 Å². The summed E-state index contributed by atoms with van der Waals surface area (Å²) in [4.78, 5) is 33.9. The molecule has 9 heteroatoms. The first kappa shape index (κ1) is 17.9. The number of halogens is 1. The number of esters is 1. The van der Waals surface area contributed by atoms with Crippen LogP contribution >= 0.6 is 0 Å². The summed E-state index contributed by atoms with van der Waals surface area (Å²) in [7, 11) is 1.29. The zero-order chi connectivity index (χ0) is 18.4. The molecule has 1 N–H and O–H groups in total. The van der Waals surface area contributed by atoms with Gasteiger partial charge in [0.1, 0.15) is 17.1 Å². The molecular weight excluding hydrogens is 335 g/mol. The number of anilines is 1. The third-order valence-electron chi connectivity index (χ3n) is 3.08. The van der Waals surface area contributed by atoms with Crippen LogP contribution in [0.15, 0.2) is 42.5 Å². The summed E-state index contributed by atoms with van der Waals surface area (Å²) in [6.45, 7) is -0.623. The van der Waals surface area contributed by atoms with Crippen LogP contribution in [0.3, 0.4) is 0 Å². The highest BCUT2D eigenvalue weighted by atomic mass is 19.1. The third kappa shape index (κ3) is 4.74. The van der Waals surface area contributed by atoms with E-state index in [-0.39, 0.29) is 17.0 Å². The Hall–Kier alpha value is -3.49. The predicted octanol–water partition coefficient (Wildman–Crippen LogP) is 2.54. The lowest BCUT2D eigenvalue weighted by molar-refractivity contribution is -0.384. The molecule has 8 nitrogen and oxygen atoms in total. The Balaban J connectivity index is 2.01. The van der Waals surface area contributed by atoms with E-state index in [4.69, 9.17) is 9.47 Å². The van der Waals surface area contributed by atoms with Crippen LogP contribution < -0.4 is 10.1 Å². The van der Waals surface area contributed by atoms with Crippen molar-refractivity contribution in [2.24, 2.45) is 0 Å². The number of nitrogens with zero attached hydrogens (tertiary/aromatic N) is 1. The van der Waals surface area contributed by atoms with Crippen molar-refractivity contribution in [2.75, 3.05) is 19.0 Å². The van der Waals surface area contributed by atoms with Gasteiger partial charge in [-0.25, -0.2) is 9.18 Å². The molecule has 2 aromatic carbocycles. The number of nitro groups is 1. The number of nitrogens with one attached hydrogen (secondary N) is 1. The molecule has 130 valence electrons. The fraction of sp³-hybridized carbons (Fsp3) is 0.125. The van der Waals surface area contributed by atoms with Crippen LogP contribution in [0.5, 0.6) is 5.75 Å². The smallest absolute Gasteiger partial charge is 0.342 e. The zero-order valence-corrected chi connectivity index (χ0v) is 13.0. The number of ether oxygens (including phenoxy) is 2. The van der Waals surface area contributed by atoms with Gasteiger partial charge >= 0.3 is 5.97 Å². The van der Waals surface area contributed by atoms with Gasteiger partial charge in [0.25, 0.3) is 11.6 Å². The van der Waals surface area contributed by atoms with E-state index < -0.39 is 29.2 Å². The molecule has 0 spiro atoms. The summed E-state index contributed by atoms with van der Waals surface area (Å²) < 4.78 is 22.6. The summed E-state index contributed by atoms with van der Waals surface area (Å²) >= 11 is 0. The molecule has 0 radical (unpaired) electrons. The van der Waals surface area contributed by atoms with Crippen LogP contribution in [0.2, 0.25) is 0 Å². The Labute approximate surface area is 141 Å². The quantitative estimate of drug-likeness (QED) is 0.488. The molecule has 0 bridgehead atoms. The van der Waals surface area contributed by atoms with Gasteiger partial charge in [0, 0.05) is 17.8 Å². The van der Waals surface area contributed by atoms with Gasteiger partial charge in [-0.2, -0.15) is 0 Å². The van der Waals surface area contributed by atoms with Crippen molar-refractivity contribution in [3.05, 3.63) is 64.0 Å². The molecule has 0 saturated carbocycles. The second-order valence-corrected chi connectivity index (χ2v) is 4.77. The Morgan fingerprint density at radius 2 is 1.88 bits per heavy atom. The monoisotopic (exact) mass is 348 g/mol. The van der Waals surface area contributed by atoms with Gasteiger partial charge in [0.05, 0.1) is 12.0 Å². The highest BCUT2D eigenvalue weighted by Crippen LogP contribution is 2.24. The van der Waals surface area contributed by atoms with E-state index in [0.717, 1.165) is 18.2 Å². The van der Waals surface area contributed by atoms with E-state index in [0.29, 0.717) is 5.69 Å². The summed E-state index contributed by atoms with van der Waals surface area (Å²) in [5, 5.41) is 13.2. The van der Waals surface area contributed by atoms with E-state index in [2.05, 4.69) is 5.32 Å². The van der Waals surface area contributed by atoms with Crippen molar-refractivity contribution in [1.29, 1.82) is 0 Å². The number of nitro benzene ring substituents is 1. The molecule has 0 aliphatic carbocycles. The molecule has 0 heterocycles. The van der Waals surface area contributed by atoms with Gasteiger partial charge in [-0.05, 0) is 30.3 Å². The standard InChI is InChI=1S/C16H13FN2O6/c1-24-14-7-6-12(19(22)23)8-13(14)16(21)25-9-15(20)18-11-4-2-10(17)3-5-11/h2-8H,9H2,1H3,(H,18,20). The molecule has 0 aliphatic rings. The van der Waals surface area contributed by atoms with Gasteiger partial charge in [0.2, 0.25) is 0 Å². The number of rotatable bonds is 6. The summed E-state index contributed by atoms with van der Waals surface area (Å²) in [6.07, 6.45) is 0. The number of methoxy groups -OCH3 is 1. The van der Waals surface area contributed by atoms with E-state index in [1.165, 1.54) is 31.4 Å². The lowest BCUT2D eigenvalue weighted by atomic mass is 10.2. The average Bonchev–Trinajstić information content (AvgIpc) is 2.61. The Kier molecular flexibility index (Phi) is 5.62. The van der Waals surface area contributed by atoms with Gasteiger partial charge in [-0.1, -0.05) is 0 Å². The summed E-state index contributed by atoms with van der Waals surface area (Å²) in [6, 6.07) is 8.45. The van der Waals surface area contributed by atoms with Crippen LogP contribution in [0, 0.1) is 15.9 Å². The molecule has 0 aromatic heterocycles. The second kappa shape index (κ2) is 7.86. The number of amides is 1. The largest absolute Gasteiger partial charge is 0.496 e. The first-order valence-corrected chi connectivity index (χ1v) is 6.95. The fourth-order valence-corrected chi connectivity index (χ4v) is 1.91. The first-order chi connectivity index (χ1) is 11.9. The molecule has 0 fully saturated rings. The van der Waals surface area contributed by atoms with Crippen molar-refractivity contribution < 1.29 is 28.4 Å². The molecule has 0 aliphatic heterocycles. The van der Waals surface area contributed by atoms with E-state index in [1.807, 2.05) is 0 Å². The van der Waals surface area contributed by atoms with E-state index in [9.17, 15) is 24.1 Å². The Morgan fingerprint density at radius 1 is 1.20 bits per heavy atom. The minimum absolute atomic E-state index is 0.0783. The topological polar surface area (TPSA) is 108 Å². The molecule has 2 aromatic rings. The van der Waals surface area contributed by atoms with Gasteiger partial charge in [0.15, 0.2) is 6.61 Å². The lowest BCUT2D eigenvalue weighted by Crippen LogP contribution is -2.21. The van der Waals surface area contributed by atoms with Crippen LogP contribution in [0.25, 0.3) is 0 Å². The van der Waals surface area contributed by atoms with Gasteiger partial charge in [-0.3, -0.25) is 14.9 Å². The molecule has 2 rings (SSSR count). The van der Waals surface area contributed by atoms with Crippen molar-refractivity contribution in [1.82, 2.24) is 0 Å². The average molecular weight is 348 g/mol. The second-order valence-electron chi connectivity index (χ2n) is 4.77. The maximum atomic E-state index is 12.8. The molecular formula is C16H13FN2O6. The maximum absolute atomic E-state index is 12.8. The van der Waals surface area contributed by atoms with Crippen molar-refractivity contribution >= 4 is 23.3 Å². The van der Waals surface area contributed by atoms with Crippen LogP contribution in [-0.4, -0.2) is 30.5 Å². The Bertz CT molecular complexity index is 807. The molecule has 0 unspecified atom stereocenters. The number of carbonyl (C=O) groups excluding carboxylic acids is 2. The van der Waals surface area contributed by atoms with Crippen LogP contribution in [0.4, 0.5) is 15.8 Å². The molecule has 1 amide bonds. The van der Waals surface area contributed by atoms with E-state index >= 15 is 0 Å². The maximum Gasteiger partial charge on any atom is 0.342 e. The molecule has 0 saturated heterocycles. The third-order valence-corrected chi connectivity index (χ3v) is 3.08. The summed E-state index contributed by atoms with van der Waals surface area (Å²) in [5.41, 5.74) is -0.162. The number of non-ortho nitro benzene ring substituents is 1. The predicted molar refractivity (Wildman–Crippen MR) is 85.0 cm³/mol. The first-order valence-electron chi connectivity index (χ1n) is 6.95. The highest BCUT2D eigenvalue weighted by molar-refractivity contribution is 5.97. The number of hydrogen-bond acceptors (Lipinski definition) is 6. The molecule has 25 heavy (non-hydrogen) atoms. The number of hydrogen-bond donors (Lipinski definition) is 1. The minimum Gasteiger partial charge on any atom is -0.496 e. The minimum atomic E-state index is -0.949. The van der Waals surface area contributed by atoms with Crippen LogP contribution in [0.1, 0.15) is 10.4 Å². The number of carbonyl (C=O) groups is 2. The zero-order valence-electron chi connectivity index (χ0n) is 13.0. The number of benzene rings is 2. The molecule has 0 atom stereocenters. The van der Waals surface area contributed by atoms with Crippen LogP contribution in [-0.2, 0) is 9.53 Å². The van der Waals surface area contributed by atoms with Crippen molar-refractivity contribution in [3.63, 3.8) is 0 Å². The summed E-state index contributed by atoms with van der Waals surface area (Å²) in [5.74, 6) is -1.98. The lowest BCUT2D eigenvalue weighted by Gasteiger charge is -2.09. The Morgan fingerprint density at radius 3 is 2.48 bits per heavy atom. The van der Waals surface area contributed by atoms with Gasteiger partial charge in [-0.15, -0.1) is 0 Å². The van der Waals surface area contributed by atoms with Crippen molar-refractivity contribution in [3.8, 4) is 5.75 Å². The normalized spacial score (nSPS) is 10.0. The van der Waals surface area contributed by atoms with Crippen molar-refractivity contribution in [2.45, 2.75) is 0 Å². The van der Waals surface area contributed by atoms with Gasteiger partial charge < -0.3 is 14.8 Å². The fourth-order valence-electron chi connectivity index (χ4n) is 1.91. The highest BCUT2D eigenvalue weighted by Gasteiger charge is 2.19. The SMILES string of the molecule is COc1ccc([N+](=O)[O-])cc1C(=O)OCC(=O)Nc1ccc(F)cc1.